The highest BCUT2D eigenvalue weighted by Gasteiger charge is 2.14. The average molecular weight is 275 g/mol. The van der Waals surface area contributed by atoms with Gasteiger partial charge in [-0.2, -0.15) is 0 Å². The Morgan fingerprint density at radius 3 is 2.58 bits per heavy atom. The fraction of sp³-hybridized carbons (Fsp3) is 0.294. The van der Waals surface area contributed by atoms with Gasteiger partial charge in [-0.15, -0.1) is 11.6 Å². The lowest BCUT2D eigenvalue weighted by atomic mass is 9.98. The van der Waals surface area contributed by atoms with Gasteiger partial charge in [-0.05, 0) is 43.0 Å². The molecule has 0 aliphatic rings. The molecule has 1 unspecified atom stereocenters. The van der Waals surface area contributed by atoms with E-state index >= 15 is 0 Å². The largest absolute Gasteiger partial charge is 0.496 e. The fourth-order valence-electron chi connectivity index (χ4n) is 2.27. The highest BCUT2D eigenvalue weighted by molar-refractivity contribution is 6.21. The standard InChI is InChI=1S/C17H19ClO/c1-12-8-9-13(2)15(10-12)16(18)11-14-6-4-5-7-17(14)19-3/h4-10,16H,11H2,1-3H3. The first-order chi connectivity index (χ1) is 9.11. The summed E-state index contributed by atoms with van der Waals surface area (Å²) in [5, 5.41) is -0.0313. The monoisotopic (exact) mass is 274 g/mol. The summed E-state index contributed by atoms with van der Waals surface area (Å²) in [5.74, 6) is 0.901. The van der Waals surface area contributed by atoms with Crippen LogP contribution >= 0.6 is 11.6 Å². The molecule has 0 saturated carbocycles. The Morgan fingerprint density at radius 2 is 1.84 bits per heavy atom. The Hall–Kier alpha value is -1.47. The third-order valence-corrected chi connectivity index (χ3v) is 3.75. The Morgan fingerprint density at radius 1 is 1.11 bits per heavy atom. The first-order valence-electron chi connectivity index (χ1n) is 6.45. The normalized spacial score (nSPS) is 12.2. The Kier molecular flexibility index (Phi) is 4.49. The van der Waals surface area contributed by atoms with Gasteiger partial charge in [-0.3, -0.25) is 0 Å². The van der Waals surface area contributed by atoms with Gasteiger partial charge in [0.1, 0.15) is 5.75 Å². The molecule has 0 saturated heterocycles. The highest BCUT2D eigenvalue weighted by Crippen LogP contribution is 2.31. The zero-order valence-electron chi connectivity index (χ0n) is 11.6. The van der Waals surface area contributed by atoms with Crippen LogP contribution in [0.15, 0.2) is 42.5 Å². The number of alkyl halides is 1. The third-order valence-electron chi connectivity index (χ3n) is 3.36. The second kappa shape index (κ2) is 6.12. The van der Waals surface area contributed by atoms with Gasteiger partial charge < -0.3 is 4.74 Å². The topological polar surface area (TPSA) is 9.23 Å². The van der Waals surface area contributed by atoms with Crippen molar-refractivity contribution in [3.05, 3.63) is 64.7 Å². The quantitative estimate of drug-likeness (QED) is 0.725. The van der Waals surface area contributed by atoms with Crippen molar-refractivity contribution in [1.82, 2.24) is 0 Å². The maximum absolute atomic E-state index is 6.59. The number of para-hydroxylation sites is 1. The molecule has 0 fully saturated rings. The lowest BCUT2D eigenvalue weighted by Gasteiger charge is -2.15. The molecule has 0 aromatic heterocycles. The lowest BCUT2D eigenvalue weighted by Crippen LogP contribution is -2.01. The third kappa shape index (κ3) is 3.30. The first-order valence-corrected chi connectivity index (χ1v) is 6.88. The molecule has 0 aliphatic heterocycles. The zero-order valence-corrected chi connectivity index (χ0v) is 12.4. The van der Waals surface area contributed by atoms with Gasteiger partial charge in [0.05, 0.1) is 12.5 Å². The number of ether oxygens (including phenoxy) is 1. The van der Waals surface area contributed by atoms with E-state index in [1.54, 1.807) is 7.11 Å². The summed E-state index contributed by atoms with van der Waals surface area (Å²) in [6.07, 6.45) is 0.774. The smallest absolute Gasteiger partial charge is 0.122 e. The van der Waals surface area contributed by atoms with E-state index in [9.17, 15) is 0 Å². The van der Waals surface area contributed by atoms with Crippen LogP contribution in [0.3, 0.4) is 0 Å². The first kappa shape index (κ1) is 14.0. The molecule has 0 bridgehead atoms. The molecule has 1 nitrogen and oxygen atoms in total. The van der Waals surface area contributed by atoms with Gasteiger partial charge in [0, 0.05) is 0 Å². The van der Waals surface area contributed by atoms with Crippen LogP contribution in [0.4, 0.5) is 0 Å². The molecule has 0 spiro atoms. The SMILES string of the molecule is COc1ccccc1CC(Cl)c1cc(C)ccc1C. The summed E-state index contributed by atoms with van der Waals surface area (Å²) in [7, 11) is 1.69. The second-order valence-electron chi connectivity index (χ2n) is 4.84. The number of rotatable bonds is 4. The van der Waals surface area contributed by atoms with E-state index in [0.717, 1.165) is 17.7 Å². The van der Waals surface area contributed by atoms with Crippen molar-refractivity contribution in [2.24, 2.45) is 0 Å². The number of aryl methyl sites for hydroxylation is 2. The summed E-state index contributed by atoms with van der Waals surface area (Å²) in [6.45, 7) is 4.20. The summed E-state index contributed by atoms with van der Waals surface area (Å²) < 4.78 is 5.38. The number of halogens is 1. The minimum Gasteiger partial charge on any atom is -0.496 e. The van der Waals surface area contributed by atoms with E-state index in [-0.39, 0.29) is 5.38 Å². The van der Waals surface area contributed by atoms with Crippen molar-refractivity contribution >= 4 is 11.6 Å². The molecular formula is C17H19ClO. The molecule has 1 atom stereocenters. The van der Waals surface area contributed by atoms with Crippen LogP contribution in [0.25, 0.3) is 0 Å². The van der Waals surface area contributed by atoms with Crippen LogP contribution in [0, 0.1) is 13.8 Å². The molecule has 19 heavy (non-hydrogen) atoms. The van der Waals surface area contributed by atoms with Crippen molar-refractivity contribution < 1.29 is 4.74 Å². The van der Waals surface area contributed by atoms with E-state index in [4.69, 9.17) is 16.3 Å². The van der Waals surface area contributed by atoms with Crippen molar-refractivity contribution in [1.29, 1.82) is 0 Å². The molecule has 0 amide bonds. The number of hydrogen-bond donors (Lipinski definition) is 0. The van der Waals surface area contributed by atoms with Crippen LogP contribution < -0.4 is 4.74 Å². The van der Waals surface area contributed by atoms with E-state index in [1.807, 2.05) is 18.2 Å². The van der Waals surface area contributed by atoms with Gasteiger partial charge in [0.15, 0.2) is 0 Å². The molecule has 2 aromatic carbocycles. The Bertz CT molecular complexity index is 563. The van der Waals surface area contributed by atoms with Crippen LogP contribution in [0.5, 0.6) is 5.75 Å². The van der Waals surface area contributed by atoms with Crippen LogP contribution in [0.2, 0.25) is 0 Å². The number of benzene rings is 2. The summed E-state index contributed by atoms with van der Waals surface area (Å²) in [6, 6.07) is 14.5. The minimum atomic E-state index is -0.0313. The lowest BCUT2D eigenvalue weighted by molar-refractivity contribution is 0.409. The molecule has 100 valence electrons. The summed E-state index contributed by atoms with van der Waals surface area (Å²) >= 11 is 6.59. The molecule has 0 heterocycles. The molecule has 0 aliphatic carbocycles. The van der Waals surface area contributed by atoms with Gasteiger partial charge >= 0.3 is 0 Å². The van der Waals surface area contributed by atoms with E-state index in [2.05, 4.69) is 38.1 Å². The van der Waals surface area contributed by atoms with Crippen LogP contribution in [0.1, 0.15) is 27.6 Å². The number of methoxy groups -OCH3 is 1. The predicted octanol–water partition coefficient (Wildman–Crippen LogP) is 4.83. The van der Waals surface area contributed by atoms with Gasteiger partial charge in [0.2, 0.25) is 0 Å². The van der Waals surface area contributed by atoms with E-state index in [1.165, 1.54) is 16.7 Å². The van der Waals surface area contributed by atoms with Crippen molar-refractivity contribution in [2.75, 3.05) is 7.11 Å². The van der Waals surface area contributed by atoms with E-state index < -0.39 is 0 Å². The molecule has 0 N–H and O–H groups in total. The van der Waals surface area contributed by atoms with Crippen molar-refractivity contribution in [3.63, 3.8) is 0 Å². The van der Waals surface area contributed by atoms with Crippen LogP contribution in [-0.2, 0) is 6.42 Å². The highest BCUT2D eigenvalue weighted by atomic mass is 35.5. The molecular weight excluding hydrogens is 256 g/mol. The minimum absolute atomic E-state index is 0.0313. The Balaban J connectivity index is 2.25. The predicted molar refractivity (Wildman–Crippen MR) is 81.2 cm³/mol. The Labute approximate surface area is 120 Å². The molecule has 2 heteroatoms. The van der Waals surface area contributed by atoms with Crippen molar-refractivity contribution in [2.45, 2.75) is 25.6 Å². The summed E-state index contributed by atoms with van der Waals surface area (Å²) in [5.41, 5.74) is 4.82. The zero-order chi connectivity index (χ0) is 13.8. The number of hydrogen-bond acceptors (Lipinski definition) is 1. The second-order valence-corrected chi connectivity index (χ2v) is 5.37. The summed E-state index contributed by atoms with van der Waals surface area (Å²) in [4.78, 5) is 0. The van der Waals surface area contributed by atoms with E-state index in [0.29, 0.717) is 0 Å². The van der Waals surface area contributed by atoms with Crippen molar-refractivity contribution in [3.8, 4) is 5.75 Å². The fourth-order valence-corrected chi connectivity index (χ4v) is 2.67. The van der Waals surface area contributed by atoms with Gasteiger partial charge in [-0.25, -0.2) is 0 Å². The van der Waals surface area contributed by atoms with Crippen LogP contribution in [-0.4, -0.2) is 7.11 Å². The van der Waals surface area contributed by atoms with Gasteiger partial charge in [-0.1, -0.05) is 42.0 Å². The maximum Gasteiger partial charge on any atom is 0.122 e. The van der Waals surface area contributed by atoms with Gasteiger partial charge in [0.25, 0.3) is 0 Å². The maximum atomic E-state index is 6.59. The molecule has 0 radical (unpaired) electrons. The molecule has 2 rings (SSSR count). The molecule has 2 aromatic rings. The average Bonchev–Trinajstić information content (AvgIpc) is 2.42.